The van der Waals surface area contributed by atoms with Crippen molar-refractivity contribution < 1.29 is 0 Å². The Labute approximate surface area is 93.3 Å². The van der Waals surface area contributed by atoms with Crippen LogP contribution in [0.25, 0.3) is 0 Å². The van der Waals surface area contributed by atoms with Crippen molar-refractivity contribution in [2.24, 2.45) is 0 Å². The van der Waals surface area contributed by atoms with E-state index in [1.54, 1.807) is 0 Å². The van der Waals surface area contributed by atoms with Crippen molar-refractivity contribution >= 4 is 27.3 Å². The third-order valence-electron chi connectivity index (χ3n) is 2.08. The first kappa shape index (κ1) is 11.1. The number of nitrogen functional groups attached to an aromatic ring is 1. The average Bonchev–Trinajstić information content (AvgIpc) is 2.20. The fourth-order valence-corrected chi connectivity index (χ4v) is 1.40. The van der Waals surface area contributed by atoms with Gasteiger partial charge in [-0.15, -0.1) is 0 Å². The Balaban J connectivity index is 2.68. The standard InChI is InChI=1S/C11H15BrN2/c1-3-8(2)7-14-10-6-4-5-9(12)11(10)13/h4-6,14H,2-3,7,13H2,1H3. The number of nitrogens with two attached hydrogens (primary N) is 1. The molecule has 0 unspecified atom stereocenters. The van der Waals surface area contributed by atoms with Crippen LogP contribution >= 0.6 is 15.9 Å². The van der Waals surface area contributed by atoms with Gasteiger partial charge >= 0.3 is 0 Å². The number of hydrogen-bond donors (Lipinski definition) is 2. The molecular formula is C11H15BrN2. The number of halogens is 1. The first-order chi connectivity index (χ1) is 6.65. The maximum atomic E-state index is 5.87. The van der Waals surface area contributed by atoms with E-state index in [0.29, 0.717) is 0 Å². The van der Waals surface area contributed by atoms with E-state index >= 15 is 0 Å². The summed E-state index contributed by atoms with van der Waals surface area (Å²) in [7, 11) is 0. The Morgan fingerprint density at radius 1 is 1.57 bits per heavy atom. The van der Waals surface area contributed by atoms with Gasteiger partial charge < -0.3 is 11.1 Å². The summed E-state index contributed by atoms with van der Waals surface area (Å²) in [5.41, 5.74) is 8.74. The van der Waals surface area contributed by atoms with Crippen LogP contribution in [0.4, 0.5) is 11.4 Å². The quantitative estimate of drug-likeness (QED) is 0.639. The zero-order valence-corrected chi connectivity index (χ0v) is 9.89. The normalized spacial score (nSPS) is 9.86. The molecule has 0 atom stereocenters. The van der Waals surface area contributed by atoms with Crippen LogP contribution in [0.3, 0.4) is 0 Å². The van der Waals surface area contributed by atoms with E-state index in [0.717, 1.165) is 28.8 Å². The van der Waals surface area contributed by atoms with Crippen LogP contribution in [0.5, 0.6) is 0 Å². The molecule has 76 valence electrons. The van der Waals surface area contributed by atoms with Gasteiger partial charge in [-0.05, 0) is 34.5 Å². The molecule has 0 saturated heterocycles. The lowest BCUT2D eigenvalue weighted by atomic mass is 10.2. The van der Waals surface area contributed by atoms with E-state index in [-0.39, 0.29) is 0 Å². The van der Waals surface area contributed by atoms with Crippen molar-refractivity contribution in [3.63, 3.8) is 0 Å². The first-order valence-corrected chi connectivity index (χ1v) is 5.39. The van der Waals surface area contributed by atoms with Gasteiger partial charge in [-0.1, -0.05) is 25.1 Å². The molecule has 0 aliphatic heterocycles. The molecule has 1 aromatic carbocycles. The highest BCUT2D eigenvalue weighted by Crippen LogP contribution is 2.27. The second kappa shape index (κ2) is 5.05. The minimum atomic E-state index is 0.747. The molecule has 0 radical (unpaired) electrons. The Morgan fingerprint density at radius 3 is 2.93 bits per heavy atom. The highest BCUT2D eigenvalue weighted by molar-refractivity contribution is 9.10. The molecule has 0 aromatic heterocycles. The predicted molar refractivity (Wildman–Crippen MR) is 66.5 cm³/mol. The molecule has 3 N–H and O–H groups in total. The van der Waals surface area contributed by atoms with Crippen LogP contribution in [0, 0.1) is 0 Å². The molecule has 0 heterocycles. The fourth-order valence-electron chi connectivity index (χ4n) is 1.04. The Morgan fingerprint density at radius 2 is 2.29 bits per heavy atom. The van der Waals surface area contributed by atoms with Crippen molar-refractivity contribution in [3.8, 4) is 0 Å². The van der Waals surface area contributed by atoms with Gasteiger partial charge in [0.15, 0.2) is 0 Å². The molecule has 0 aliphatic carbocycles. The zero-order chi connectivity index (χ0) is 10.6. The largest absolute Gasteiger partial charge is 0.396 e. The summed E-state index contributed by atoms with van der Waals surface area (Å²) in [6, 6.07) is 5.84. The van der Waals surface area contributed by atoms with Gasteiger partial charge in [-0.3, -0.25) is 0 Å². The van der Waals surface area contributed by atoms with Gasteiger partial charge in [0.25, 0.3) is 0 Å². The van der Waals surface area contributed by atoms with E-state index in [2.05, 4.69) is 34.7 Å². The molecule has 1 aromatic rings. The van der Waals surface area contributed by atoms with Gasteiger partial charge in [-0.25, -0.2) is 0 Å². The van der Waals surface area contributed by atoms with E-state index in [9.17, 15) is 0 Å². The summed E-state index contributed by atoms with van der Waals surface area (Å²) in [6.07, 6.45) is 0.987. The van der Waals surface area contributed by atoms with Gasteiger partial charge in [-0.2, -0.15) is 0 Å². The second-order valence-electron chi connectivity index (χ2n) is 3.16. The SMILES string of the molecule is C=C(CC)CNc1cccc(Br)c1N. The molecule has 1 rings (SSSR count). The third-order valence-corrected chi connectivity index (χ3v) is 2.77. The van der Waals surface area contributed by atoms with Crippen LogP contribution in [0.1, 0.15) is 13.3 Å². The van der Waals surface area contributed by atoms with Crippen LogP contribution in [0.2, 0.25) is 0 Å². The van der Waals surface area contributed by atoms with Crippen molar-refractivity contribution in [3.05, 3.63) is 34.8 Å². The lowest BCUT2D eigenvalue weighted by molar-refractivity contribution is 1.05. The smallest absolute Gasteiger partial charge is 0.0694 e. The fraction of sp³-hybridized carbons (Fsp3) is 0.273. The molecule has 2 nitrogen and oxygen atoms in total. The monoisotopic (exact) mass is 254 g/mol. The Kier molecular flexibility index (Phi) is 4.01. The molecule has 0 fully saturated rings. The summed E-state index contributed by atoms with van der Waals surface area (Å²) < 4.78 is 0.921. The number of nitrogens with one attached hydrogen (secondary N) is 1. The summed E-state index contributed by atoms with van der Waals surface area (Å²) in [4.78, 5) is 0. The Hall–Kier alpha value is -0.960. The molecule has 0 aliphatic rings. The summed E-state index contributed by atoms with van der Waals surface area (Å²) in [5.74, 6) is 0. The van der Waals surface area contributed by atoms with Gasteiger partial charge in [0.1, 0.15) is 0 Å². The minimum Gasteiger partial charge on any atom is -0.396 e. The maximum Gasteiger partial charge on any atom is 0.0694 e. The number of para-hydroxylation sites is 1. The van der Waals surface area contributed by atoms with E-state index in [1.807, 2.05) is 18.2 Å². The first-order valence-electron chi connectivity index (χ1n) is 4.59. The van der Waals surface area contributed by atoms with Crippen molar-refractivity contribution in [1.82, 2.24) is 0 Å². The molecule has 0 saturated carbocycles. The molecule has 0 spiro atoms. The van der Waals surface area contributed by atoms with Gasteiger partial charge in [0.05, 0.1) is 11.4 Å². The van der Waals surface area contributed by atoms with Crippen molar-refractivity contribution in [2.45, 2.75) is 13.3 Å². The van der Waals surface area contributed by atoms with Crippen LogP contribution < -0.4 is 11.1 Å². The summed E-state index contributed by atoms with van der Waals surface area (Å²) in [5, 5.41) is 3.25. The summed E-state index contributed by atoms with van der Waals surface area (Å²) in [6.45, 7) is 6.79. The number of benzene rings is 1. The average molecular weight is 255 g/mol. The molecule has 14 heavy (non-hydrogen) atoms. The van der Waals surface area contributed by atoms with Crippen LogP contribution in [-0.2, 0) is 0 Å². The zero-order valence-electron chi connectivity index (χ0n) is 8.31. The predicted octanol–water partition coefficient (Wildman–Crippen LogP) is 3.41. The summed E-state index contributed by atoms with van der Waals surface area (Å²) >= 11 is 3.38. The van der Waals surface area contributed by atoms with Crippen molar-refractivity contribution in [2.75, 3.05) is 17.6 Å². The maximum absolute atomic E-state index is 5.87. The van der Waals surface area contributed by atoms with E-state index in [1.165, 1.54) is 5.57 Å². The van der Waals surface area contributed by atoms with Gasteiger partial charge in [0.2, 0.25) is 0 Å². The number of anilines is 2. The second-order valence-corrected chi connectivity index (χ2v) is 4.01. The lowest BCUT2D eigenvalue weighted by Gasteiger charge is -2.10. The number of hydrogen-bond acceptors (Lipinski definition) is 2. The Bertz CT molecular complexity index is 334. The van der Waals surface area contributed by atoms with E-state index < -0.39 is 0 Å². The van der Waals surface area contributed by atoms with Crippen LogP contribution in [0.15, 0.2) is 34.8 Å². The topological polar surface area (TPSA) is 38.0 Å². The highest BCUT2D eigenvalue weighted by Gasteiger charge is 2.01. The van der Waals surface area contributed by atoms with Crippen molar-refractivity contribution in [1.29, 1.82) is 0 Å². The molecule has 0 bridgehead atoms. The minimum absolute atomic E-state index is 0.747. The van der Waals surface area contributed by atoms with Gasteiger partial charge in [0, 0.05) is 11.0 Å². The third kappa shape index (κ3) is 2.77. The van der Waals surface area contributed by atoms with E-state index in [4.69, 9.17) is 5.73 Å². The highest BCUT2D eigenvalue weighted by atomic mass is 79.9. The molecule has 3 heteroatoms. The molecule has 0 amide bonds. The van der Waals surface area contributed by atoms with Crippen LogP contribution in [-0.4, -0.2) is 6.54 Å². The lowest BCUT2D eigenvalue weighted by Crippen LogP contribution is -2.05. The molecular weight excluding hydrogens is 240 g/mol. The number of rotatable bonds is 4.